The molecule has 0 radical (unpaired) electrons. The van der Waals surface area contributed by atoms with E-state index in [-0.39, 0.29) is 6.10 Å². The summed E-state index contributed by atoms with van der Waals surface area (Å²) in [5.74, 6) is 1.00. The van der Waals surface area contributed by atoms with Gasteiger partial charge in [-0.05, 0) is 57.4 Å². The van der Waals surface area contributed by atoms with Crippen LogP contribution in [0.25, 0.3) is 0 Å². The van der Waals surface area contributed by atoms with Crippen LogP contribution in [0.15, 0.2) is 0 Å². The molecule has 0 heterocycles. The minimum absolute atomic E-state index is 0.00866. The van der Waals surface area contributed by atoms with Gasteiger partial charge in [-0.1, -0.05) is 6.92 Å². The largest absolute Gasteiger partial charge is 0.393 e. The second kappa shape index (κ2) is 5.31. The molecule has 0 amide bonds. The van der Waals surface area contributed by atoms with Gasteiger partial charge in [0, 0.05) is 12.6 Å². The van der Waals surface area contributed by atoms with E-state index in [9.17, 15) is 5.11 Å². The summed E-state index contributed by atoms with van der Waals surface area (Å²) in [5, 5.41) is 9.51. The Morgan fingerprint density at radius 3 is 2.27 bits per heavy atom. The summed E-state index contributed by atoms with van der Waals surface area (Å²) in [6.07, 6.45) is 8.65. The van der Waals surface area contributed by atoms with Crippen LogP contribution in [0.4, 0.5) is 0 Å². The predicted octanol–water partition coefficient (Wildman–Crippen LogP) is 2.41. The van der Waals surface area contributed by atoms with Crippen LogP contribution in [0.5, 0.6) is 0 Å². The Morgan fingerprint density at radius 1 is 1.07 bits per heavy atom. The third kappa shape index (κ3) is 3.46. The van der Waals surface area contributed by atoms with Crippen molar-refractivity contribution in [3.8, 4) is 0 Å². The number of aliphatic hydroxyl groups is 1. The highest BCUT2D eigenvalue weighted by Crippen LogP contribution is 2.32. The molecule has 0 aromatic rings. The lowest BCUT2D eigenvalue weighted by Crippen LogP contribution is -2.40. The summed E-state index contributed by atoms with van der Waals surface area (Å²) in [6, 6.07) is 0.772. The molecule has 0 aromatic carbocycles. The third-order valence-corrected chi connectivity index (χ3v) is 3.88. The molecule has 2 heteroatoms. The SMILES string of the molecule is CCCN(CC1CC1)C1CCC(O)CC1. The van der Waals surface area contributed by atoms with Crippen molar-refractivity contribution in [2.75, 3.05) is 13.1 Å². The van der Waals surface area contributed by atoms with Crippen LogP contribution < -0.4 is 0 Å². The van der Waals surface area contributed by atoms with Gasteiger partial charge in [0.15, 0.2) is 0 Å². The summed E-state index contributed by atoms with van der Waals surface area (Å²) in [6.45, 7) is 4.86. The van der Waals surface area contributed by atoms with Gasteiger partial charge in [-0.25, -0.2) is 0 Å². The molecule has 2 aliphatic carbocycles. The van der Waals surface area contributed by atoms with Crippen molar-refractivity contribution >= 4 is 0 Å². The first-order valence-electron chi connectivity index (χ1n) is 6.71. The average molecular weight is 211 g/mol. The van der Waals surface area contributed by atoms with Crippen molar-refractivity contribution in [2.45, 2.75) is 64.0 Å². The van der Waals surface area contributed by atoms with Crippen LogP contribution in [0, 0.1) is 5.92 Å². The van der Waals surface area contributed by atoms with E-state index in [1.165, 1.54) is 45.2 Å². The Bertz CT molecular complexity index is 183. The number of aliphatic hydroxyl groups excluding tert-OH is 1. The zero-order chi connectivity index (χ0) is 10.7. The molecule has 0 aliphatic heterocycles. The van der Waals surface area contributed by atoms with Gasteiger partial charge < -0.3 is 10.0 Å². The van der Waals surface area contributed by atoms with E-state index in [0.717, 1.165) is 24.8 Å². The zero-order valence-electron chi connectivity index (χ0n) is 9.99. The highest BCUT2D eigenvalue weighted by Gasteiger charge is 2.29. The van der Waals surface area contributed by atoms with Gasteiger partial charge >= 0.3 is 0 Å². The van der Waals surface area contributed by atoms with Crippen LogP contribution in [-0.2, 0) is 0 Å². The van der Waals surface area contributed by atoms with E-state index in [1.807, 2.05) is 0 Å². The standard InChI is InChI=1S/C13H25NO/c1-2-9-14(10-11-3-4-11)12-5-7-13(15)8-6-12/h11-13,15H,2-10H2,1H3. The van der Waals surface area contributed by atoms with Crippen molar-refractivity contribution in [3.05, 3.63) is 0 Å². The van der Waals surface area contributed by atoms with E-state index in [1.54, 1.807) is 0 Å². The van der Waals surface area contributed by atoms with Gasteiger partial charge in [0.05, 0.1) is 6.10 Å². The molecular weight excluding hydrogens is 186 g/mol. The molecule has 0 saturated heterocycles. The van der Waals surface area contributed by atoms with Crippen molar-refractivity contribution in [2.24, 2.45) is 5.92 Å². The Labute approximate surface area is 93.7 Å². The van der Waals surface area contributed by atoms with Crippen LogP contribution in [0.3, 0.4) is 0 Å². The molecule has 2 fully saturated rings. The summed E-state index contributed by atoms with van der Waals surface area (Å²) >= 11 is 0. The number of hydrogen-bond donors (Lipinski definition) is 1. The molecule has 88 valence electrons. The number of hydrogen-bond acceptors (Lipinski definition) is 2. The summed E-state index contributed by atoms with van der Waals surface area (Å²) in [5.41, 5.74) is 0. The Kier molecular flexibility index (Phi) is 4.04. The smallest absolute Gasteiger partial charge is 0.0541 e. The maximum Gasteiger partial charge on any atom is 0.0541 e. The Balaban J connectivity index is 1.79. The topological polar surface area (TPSA) is 23.5 Å². The molecule has 1 N–H and O–H groups in total. The number of nitrogens with zero attached hydrogens (tertiary/aromatic N) is 1. The minimum atomic E-state index is -0.00866. The lowest BCUT2D eigenvalue weighted by atomic mass is 9.91. The fraction of sp³-hybridized carbons (Fsp3) is 1.00. The molecular formula is C13H25NO. The Hall–Kier alpha value is -0.0800. The highest BCUT2D eigenvalue weighted by atomic mass is 16.3. The first kappa shape index (κ1) is 11.4. The van der Waals surface area contributed by atoms with Crippen LogP contribution in [0.1, 0.15) is 51.9 Å². The monoisotopic (exact) mass is 211 g/mol. The van der Waals surface area contributed by atoms with Crippen LogP contribution >= 0.6 is 0 Å². The van der Waals surface area contributed by atoms with Crippen LogP contribution in [-0.4, -0.2) is 35.2 Å². The van der Waals surface area contributed by atoms with E-state index in [4.69, 9.17) is 0 Å². The van der Waals surface area contributed by atoms with Gasteiger partial charge in [0.1, 0.15) is 0 Å². The van der Waals surface area contributed by atoms with E-state index in [0.29, 0.717) is 0 Å². The second-order valence-electron chi connectivity index (χ2n) is 5.40. The Morgan fingerprint density at radius 2 is 1.73 bits per heavy atom. The van der Waals surface area contributed by atoms with E-state index >= 15 is 0 Å². The number of rotatable bonds is 5. The van der Waals surface area contributed by atoms with Crippen molar-refractivity contribution in [3.63, 3.8) is 0 Å². The average Bonchev–Trinajstić information content (AvgIpc) is 3.02. The fourth-order valence-electron chi connectivity index (χ4n) is 2.77. The molecule has 2 nitrogen and oxygen atoms in total. The lowest BCUT2D eigenvalue weighted by Gasteiger charge is -2.35. The van der Waals surface area contributed by atoms with Crippen molar-refractivity contribution in [1.29, 1.82) is 0 Å². The molecule has 0 atom stereocenters. The fourth-order valence-corrected chi connectivity index (χ4v) is 2.77. The predicted molar refractivity (Wildman–Crippen MR) is 62.9 cm³/mol. The van der Waals surface area contributed by atoms with Gasteiger partial charge in [-0.15, -0.1) is 0 Å². The molecule has 15 heavy (non-hydrogen) atoms. The normalized spacial score (nSPS) is 32.2. The van der Waals surface area contributed by atoms with Gasteiger partial charge in [0.2, 0.25) is 0 Å². The van der Waals surface area contributed by atoms with E-state index < -0.39 is 0 Å². The summed E-state index contributed by atoms with van der Waals surface area (Å²) < 4.78 is 0. The molecule has 0 aromatic heterocycles. The first-order chi connectivity index (χ1) is 7.29. The third-order valence-electron chi connectivity index (χ3n) is 3.88. The highest BCUT2D eigenvalue weighted by molar-refractivity contribution is 4.84. The summed E-state index contributed by atoms with van der Waals surface area (Å²) in [7, 11) is 0. The van der Waals surface area contributed by atoms with E-state index in [2.05, 4.69) is 11.8 Å². The molecule has 0 spiro atoms. The van der Waals surface area contributed by atoms with Gasteiger partial charge in [-0.3, -0.25) is 0 Å². The maximum absolute atomic E-state index is 9.51. The minimum Gasteiger partial charge on any atom is -0.393 e. The zero-order valence-corrected chi connectivity index (χ0v) is 9.99. The maximum atomic E-state index is 9.51. The van der Waals surface area contributed by atoms with Gasteiger partial charge in [0.25, 0.3) is 0 Å². The van der Waals surface area contributed by atoms with Crippen molar-refractivity contribution < 1.29 is 5.11 Å². The molecule has 2 rings (SSSR count). The van der Waals surface area contributed by atoms with Gasteiger partial charge in [-0.2, -0.15) is 0 Å². The molecule has 2 saturated carbocycles. The molecule has 0 bridgehead atoms. The summed E-state index contributed by atoms with van der Waals surface area (Å²) in [4.78, 5) is 2.70. The molecule has 2 aliphatic rings. The van der Waals surface area contributed by atoms with Crippen molar-refractivity contribution in [1.82, 2.24) is 4.90 Å². The molecule has 0 unspecified atom stereocenters. The quantitative estimate of drug-likeness (QED) is 0.755. The second-order valence-corrected chi connectivity index (χ2v) is 5.40. The van der Waals surface area contributed by atoms with Crippen LogP contribution in [0.2, 0.25) is 0 Å². The lowest BCUT2D eigenvalue weighted by molar-refractivity contribution is 0.0715. The first-order valence-corrected chi connectivity index (χ1v) is 6.71.